The molecule has 9 nitrogen and oxygen atoms in total. The average Bonchev–Trinajstić information content (AvgIpc) is 2.42. The van der Waals surface area contributed by atoms with Crippen molar-refractivity contribution in [2.24, 2.45) is 0 Å². The lowest BCUT2D eigenvalue weighted by molar-refractivity contribution is -0.387. The summed E-state index contributed by atoms with van der Waals surface area (Å²) in [6.07, 6.45) is 0. The number of nitrogens with zero attached hydrogens (tertiary/aromatic N) is 1. The van der Waals surface area contributed by atoms with Crippen LogP contribution in [-0.4, -0.2) is 40.9 Å². The summed E-state index contributed by atoms with van der Waals surface area (Å²) >= 11 is 0. The summed E-state index contributed by atoms with van der Waals surface area (Å²) in [5.74, 6) is -3.91. The van der Waals surface area contributed by atoms with Gasteiger partial charge in [0.2, 0.25) is 11.7 Å². The summed E-state index contributed by atoms with van der Waals surface area (Å²) in [6, 6.07) is 2.52. The summed E-state index contributed by atoms with van der Waals surface area (Å²) in [4.78, 5) is 42.5. The molecule has 0 spiro atoms. The van der Waals surface area contributed by atoms with E-state index in [4.69, 9.17) is 5.11 Å². The highest BCUT2D eigenvalue weighted by atomic mass is 19.1. The Kier molecular flexibility index (Phi) is 5.29. The van der Waals surface area contributed by atoms with Gasteiger partial charge >= 0.3 is 11.7 Å². The lowest BCUT2D eigenvalue weighted by Crippen LogP contribution is -2.39. The minimum Gasteiger partial charge on any atom is -0.480 e. The Balaban J connectivity index is 2.64. The van der Waals surface area contributed by atoms with Gasteiger partial charge in [-0.25, -0.2) is 0 Å². The largest absolute Gasteiger partial charge is 0.480 e. The Labute approximate surface area is 116 Å². The Morgan fingerprint density at radius 2 is 1.90 bits per heavy atom. The van der Waals surface area contributed by atoms with E-state index in [1.54, 1.807) is 0 Å². The van der Waals surface area contributed by atoms with Crippen molar-refractivity contribution in [1.82, 2.24) is 10.6 Å². The van der Waals surface area contributed by atoms with Gasteiger partial charge in [-0.3, -0.25) is 24.5 Å². The Morgan fingerprint density at radius 3 is 2.48 bits per heavy atom. The lowest BCUT2D eigenvalue weighted by Gasteiger charge is -2.05. The van der Waals surface area contributed by atoms with E-state index in [-0.39, 0.29) is 5.56 Å². The molecule has 112 valence electrons. The molecule has 21 heavy (non-hydrogen) atoms. The number of nitro groups is 1. The molecule has 3 N–H and O–H groups in total. The number of hydrogen-bond donors (Lipinski definition) is 3. The second-order valence-corrected chi connectivity index (χ2v) is 3.78. The van der Waals surface area contributed by atoms with Gasteiger partial charge in [-0.15, -0.1) is 0 Å². The number of carbonyl (C=O) groups is 3. The number of rotatable bonds is 6. The van der Waals surface area contributed by atoms with Crippen molar-refractivity contribution in [2.75, 3.05) is 13.1 Å². The standard InChI is InChI=1S/C11H10FN3O6/c12-7-2-1-6(3-8(7)15(20)21)11(19)14-4-9(16)13-5-10(17)18/h1-3H,4-5H2,(H,13,16)(H,14,19)(H,17,18). The maximum Gasteiger partial charge on any atom is 0.322 e. The van der Waals surface area contributed by atoms with Crippen LogP contribution in [0.1, 0.15) is 10.4 Å². The molecule has 0 heterocycles. The quantitative estimate of drug-likeness (QED) is 0.485. The van der Waals surface area contributed by atoms with Crippen LogP contribution in [0.15, 0.2) is 18.2 Å². The van der Waals surface area contributed by atoms with Crippen LogP contribution in [0.3, 0.4) is 0 Å². The normalized spacial score (nSPS) is 9.76. The Morgan fingerprint density at radius 1 is 1.24 bits per heavy atom. The van der Waals surface area contributed by atoms with Crippen LogP contribution >= 0.6 is 0 Å². The van der Waals surface area contributed by atoms with Gasteiger partial charge < -0.3 is 15.7 Å². The molecule has 1 aromatic carbocycles. The van der Waals surface area contributed by atoms with Gasteiger partial charge in [-0.1, -0.05) is 0 Å². The van der Waals surface area contributed by atoms with E-state index >= 15 is 0 Å². The number of hydrogen-bond acceptors (Lipinski definition) is 5. The van der Waals surface area contributed by atoms with Crippen molar-refractivity contribution in [3.05, 3.63) is 39.7 Å². The molecule has 0 fully saturated rings. The van der Waals surface area contributed by atoms with Crippen LogP contribution < -0.4 is 10.6 Å². The maximum absolute atomic E-state index is 13.1. The molecule has 0 bridgehead atoms. The fourth-order valence-electron chi connectivity index (χ4n) is 1.29. The van der Waals surface area contributed by atoms with Crippen LogP contribution in [-0.2, 0) is 9.59 Å². The number of aliphatic carboxylic acids is 1. The van der Waals surface area contributed by atoms with Gasteiger partial charge in [0.15, 0.2) is 0 Å². The minimum atomic E-state index is -1.25. The van der Waals surface area contributed by atoms with Gasteiger partial charge in [-0.2, -0.15) is 4.39 Å². The Bertz CT molecular complexity index is 604. The van der Waals surface area contributed by atoms with Crippen molar-refractivity contribution >= 4 is 23.5 Å². The number of nitro benzene ring substituents is 1. The van der Waals surface area contributed by atoms with E-state index in [1.165, 1.54) is 0 Å². The van der Waals surface area contributed by atoms with Crippen molar-refractivity contribution in [3.63, 3.8) is 0 Å². The molecule has 1 aromatic rings. The lowest BCUT2D eigenvalue weighted by atomic mass is 10.2. The highest BCUT2D eigenvalue weighted by Gasteiger charge is 2.17. The third-order valence-corrected chi connectivity index (χ3v) is 2.25. The third-order valence-electron chi connectivity index (χ3n) is 2.25. The molecular weight excluding hydrogens is 289 g/mol. The number of benzene rings is 1. The monoisotopic (exact) mass is 299 g/mol. The average molecular weight is 299 g/mol. The molecule has 10 heteroatoms. The molecule has 0 radical (unpaired) electrons. The van der Waals surface area contributed by atoms with Crippen molar-refractivity contribution < 1.29 is 28.8 Å². The highest BCUT2D eigenvalue weighted by molar-refractivity contribution is 5.97. The van der Waals surface area contributed by atoms with Crippen molar-refractivity contribution in [1.29, 1.82) is 0 Å². The topological polar surface area (TPSA) is 139 Å². The molecule has 0 saturated carbocycles. The molecule has 1 rings (SSSR count). The van der Waals surface area contributed by atoms with Gasteiger partial charge in [0, 0.05) is 11.6 Å². The molecular formula is C11H10FN3O6. The summed E-state index contributed by atoms with van der Waals surface area (Å²) in [7, 11) is 0. The second kappa shape index (κ2) is 6.93. The number of carboxylic acids is 1. The van der Waals surface area contributed by atoms with Gasteiger partial charge in [0.1, 0.15) is 6.54 Å². The van der Waals surface area contributed by atoms with Crippen LogP contribution in [0.4, 0.5) is 10.1 Å². The van der Waals surface area contributed by atoms with Gasteiger partial charge in [-0.05, 0) is 12.1 Å². The smallest absolute Gasteiger partial charge is 0.322 e. The zero-order valence-corrected chi connectivity index (χ0v) is 10.5. The zero-order chi connectivity index (χ0) is 16.0. The predicted octanol–water partition coefficient (Wildman–Crippen LogP) is -0.336. The van der Waals surface area contributed by atoms with Gasteiger partial charge in [0.25, 0.3) is 5.91 Å². The number of amides is 2. The first-order chi connectivity index (χ1) is 9.81. The molecule has 0 aromatic heterocycles. The molecule has 0 aliphatic rings. The number of halogens is 1. The third kappa shape index (κ3) is 4.86. The maximum atomic E-state index is 13.1. The number of carbonyl (C=O) groups excluding carboxylic acids is 2. The number of nitrogens with one attached hydrogen (secondary N) is 2. The molecule has 0 aliphatic carbocycles. The summed E-state index contributed by atoms with van der Waals surface area (Å²) in [6.45, 7) is -1.12. The van der Waals surface area contributed by atoms with E-state index in [1.807, 2.05) is 5.32 Å². The van der Waals surface area contributed by atoms with Crippen molar-refractivity contribution in [2.45, 2.75) is 0 Å². The molecule has 0 atom stereocenters. The van der Waals surface area contributed by atoms with E-state index in [0.29, 0.717) is 0 Å². The summed E-state index contributed by atoms with van der Waals surface area (Å²) in [5, 5.41) is 23.0. The van der Waals surface area contributed by atoms with Crippen LogP contribution in [0.25, 0.3) is 0 Å². The SMILES string of the molecule is O=C(O)CNC(=O)CNC(=O)c1ccc(F)c([N+](=O)[O-])c1. The van der Waals surface area contributed by atoms with Crippen LogP contribution in [0.2, 0.25) is 0 Å². The van der Waals surface area contributed by atoms with Crippen LogP contribution in [0.5, 0.6) is 0 Å². The first kappa shape index (κ1) is 16.0. The summed E-state index contributed by atoms with van der Waals surface area (Å²) < 4.78 is 13.1. The highest BCUT2D eigenvalue weighted by Crippen LogP contribution is 2.18. The molecule has 0 saturated heterocycles. The van der Waals surface area contributed by atoms with E-state index in [0.717, 1.165) is 18.2 Å². The van der Waals surface area contributed by atoms with E-state index in [2.05, 4.69) is 5.32 Å². The van der Waals surface area contributed by atoms with Gasteiger partial charge in [0.05, 0.1) is 11.5 Å². The number of carboxylic acid groups (broad SMARTS) is 1. The first-order valence-corrected chi connectivity index (χ1v) is 5.52. The minimum absolute atomic E-state index is 0.200. The molecule has 0 aliphatic heterocycles. The van der Waals surface area contributed by atoms with E-state index in [9.17, 15) is 28.9 Å². The second-order valence-electron chi connectivity index (χ2n) is 3.78. The predicted molar refractivity (Wildman–Crippen MR) is 66.0 cm³/mol. The molecule has 0 unspecified atom stereocenters. The van der Waals surface area contributed by atoms with Crippen LogP contribution in [0, 0.1) is 15.9 Å². The van der Waals surface area contributed by atoms with E-state index < -0.39 is 47.3 Å². The zero-order valence-electron chi connectivity index (χ0n) is 10.5. The first-order valence-electron chi connectivity index (χ1n) is 5.52. The molecule has 2 amide bonds. The van der Waals surface area contributed by atoms with Crippen molar-refractivity contribution in [3.8, 4) is 0 Å². The fourth-order valence-corrected chi connectivity index (χ4v) is 1.29. The fraction of sp³-hybridized carbons (Fsp3) is 0.182. The Hall–Kier alpha value is -3.04. The summed E-state index contributed by atoms with van der Waals surface area (Å²) in [5.41, 5.74) is -1.06.